The Labute approximate surface area is 105 Å². The third-order valence-corrected chi connectivity index (χ3v) is 3.34. The Morgan fingerprint density at radius 2 is 2.24 bits per heavy atom. The molecule has 1 heterocycles. The molecule has 2 rings (SSSR count). The highest BCUT2D eigenvalue weighted by Gasteiger charge is 2.22. The summed E-state index contributed by atoms with van der Waals surface area (Å²) in [7, 11) is 1.99. The van der Waals surface area contributed by atoms with Gasteiger partial charge in [0.1, 0.15) is 0 Å². The molecule has 1 aromatic rings. The van der Waals surface area contributed by atoms with Gasteiger partial charge in [0.15, 0.2) is 0 Å². The van der Waals surface area contributed by atoms with Crippen LogP contribution < -0.4 is 5.32 Å². The Bertz CT molecular complexity index is 339. The molecule has 3 heteroatoms. The van der Waals surface area contributed by atoms with Crippen LogP contribution in [0.1, 0.15) is 38.8 Å². The summed E-state index contributed by atoms with van der Waals surface area (Å²) < 4.78 is 1.90. The van der Waals surface area contributed by atoms with Gasteiger partial charge in [-0.3, -0.25) is 4.68 Å². The van der Waals surface area contributed by atoms with Crippen LogP contribution in [0.15, 0.2) is 12.3 Å². The number of aromatic nitrogens is 2. The van der Waals surface area contributed by atoms with Crippen LogP contribution in [0.4, 0.5) is 0 Å². The van der Waals surface area contributed by atoms with E-state index < -0.39 is 0 Å². The Kier molecular flexibility index (Phi) is 4.21. The van der Waals surface area contributed by atoms with Gasteiger partial charge in [-0.25, -0.2) is 0 Å². The maximum atomic E-state index is 4.49. The molecule has 3 nitrogen and oxygen atoms in total. The standard InChI is InChI=1S/C14H25N3/c1-11(2)8-12(10-15-13-4-5-13)9-14-6-7-17(3)16-14/h6-7,11-13,15H,4-5,8-10H2,1-3H3. The number of rotatable bonds is 7. The number of nitrogens with zero attached hydrogens (tertiary/aromatic N) is 2. The van der Waals surface area contributed by atoms with Crippen molar-refractivity contribution >= 4 is 0 Å². The van der Waals surface area contributed by atoms with Crippen molar-refractivity contribution < 1.29 is 0 Å². The zero-order valence-electron chi connectivity index (χ0n) is 11.3. The van der Waals surface area contributed by atoms with Gasteiger partial charge >= 0.3 is 0 Å². The van der Waals surface area contributed by atoms with E-state index >= 15 is 0 Å². The molecule has 1 N–H and O–H groups in total. The first-order chi connectivity index (χ1) is 8.13. The van der Waals surface area contributed by atoms with Crippen LogP contribution in [0, 0.1) is 11.8 Å². The number of nitrogens with one attached hydrogen (secondary N) is 1. The van der Waals surface area contributed by atoms with E-state index in [9.17, 15) is 0 Å². The predicted molar refractivity (Wildman–Crippen MR) is 70.9 cm³/mol. The summed E-state index contributed by atoms with van der Waals surface area (Å²) in [6.07, 6.45) is 7.18. The fourth-order valence-corrected chi connectivity index (χ4v) is 2.39. The molecule has 1 saturated carbocycles. The van der Waals surface area contributed by atoms with Crippen LogP contribution in [-0.4, -0.2) is 22.4 Å². The van der Waals surface area contributed by atoms with Gasteiger partial charge in [-0.15, -0.1) is 0 Å². The second-order valence-corrected chi connectivity index (χ2v) is 5.86. The average Bonchev–Trinajstić information content (AvgIpc) is 2.99. The van der Waals surface area contributed by atoms with Gasteiger partial charge in [-0.2, -0.15) is 5.10 Å². The lowest BCUT2D eigenvalue weighted by atomic mass is 9.93. The summed E-state index contributed by atoms with van der Waals surface area (Å²) in [4.78, 5) is 0. The topological polar surface area (TPSA) is 29.9 Å². The van der Waals surface area contributed by atoms with Crippen molar-refractivity contribution in [2.45, 2.75) is 45.6 Å². The zero-order chi connectivity index (χ0) is 12.3. The predicted octanol–water partition coefficient (Wildman–Crippen LogP) is 2.38. The van der Waals surface area contributed by atoms with E-state index in [2.05, 4.69) is 30.3 Å². The first-order valence-corrected chi connectivity index (χ1v) is 6.85. The van der Waals surface area contributed by atoms with Crippen molar-refractivity contribution in [2.24, 2.45) is 18.9 Å². The van der Waals surface area contributed by atoms with Crippen LogP contribution in [0.5, 0.6) is 0 Å². The van der Waals surface area contributed by atoms with E-state index in [0.717, 1.165) is 30.8 Å². The first kappa shape index (κ1) is 12.6. The van der Waals surface area contributed by atoms with Crippen molar-refractivity contribution in [3.05, 3.63) is 18.0 Å². The third kappa shape index (κ3) is 4.50. The maximum Gasteiger partial charge on any atom is 0.0627 e. The molecule has 0 saturated heterocycles. The second-order valence-electron chi connectivity index (χ2n) is 5.86. The molecule has 1 unspecified atom stereocenters. The zero-order valence-corrected chi connectivity index (χ0v) is 11.3. The molecule has 0 aliphatic heterocycles. The Morgan fingerprint density at radius 1 is 1.47 bits per heavy atom. The molecular weight excluding hydrogens is 210 g/mol. The molecule has 1 aromatic heterocycles. The van der Waals surface area contributed by atoms with Crippen molar-refractivity contribution in [2.75, 3.05) is 6.54 Å². The molecule has 17 heavy (non-hydrogen) atoms. The molecule has 0 spiro atoms. The molecule has 96 valence electrons. The van der Waals surface area contributed by atoms with Crippen molar-refractivity contribution in [3.8, 4) is 0 Å². The van der Waals surface area contributed by atoms with Gasteiger partial charge in [-0.05, 0) is 50.1 Å². The minimum absolute atomic E-state index is 0.727. The highest BCUT2D eigenvalue weighted by molar-refractivity contribution is 5.00. The summed E-state index contributed by atoms with van der Waals surface area (Å²) in [5.41, 5.74) is 1.23. The van der Waals surface area contributed by atoms with Gasteiger partial charge in [0.25, 0.3) is 0 Å². The van der Waals surface area contributed by atoms with Crippen molar-refractivity contribution in [1.29, 1.82) is 0 Å². The van der Waals surface area contributed by atoms with Crippen LogP contribution >= 0.6 is 0 Å². The summed E-state index contributed by atoms with van der Waals surface area (Å²) in [5.74, 6) is 1.50. The van der Waals surface area contributed by atoms with Gasteiger partial charge in [0.05, 0.1) is 5.69 Å². The van der Waals surface area contributed by atoms with Crippen LogP contribution in [-0.2, 0) is 13.5 Å². The number of hydrogen-bond acceptors (Lipinski definition) is 2. The molecule has 0 bridgehead atoms. The minimum Gasteiger partial charge on any atom is -0.314 e. The van der Waals surface area contributed by atoms with E-state index in [0.29, 0.717) is 0 Å². The van der Waals surface area contributed by atoms with Crippen LogP contribution in [0.2, 0.25) is 0 Å². The quantitative estimate of drug-likeness (QED) is 0.786. The monoisotopic (exact) mass is 235 g/mol. The maximum absolute atomic E-state index is 4.49. The number of hydrogen-bond donors (Lipinski definition) is 1. The van der Waals surface area contributed by atoms with Crippen LogP contribution in [0.3, 0.4) is 0 Å². The van der Waals surface area contributed by atoms with Gasteiger partial charge in [0, 0.05) is 19.3 Å². The highest BCUT2D eigenvalue weighted by Crippen LogP contribution is 2.21. The summed E-state index contributed by atoms with van der Waals surface area (Å²) in [6, 6.07) is 2.96. The van der Waals surface area contributed by atoms with E-state index in [-0.39, 0.29) is 0 Å². The summed E-state index contributed by atoms with van der Waals surface area (Å²) in [5, 5.41) is 8.14. The van der Waals surface area contributed by atoms with Crippen LogP contribution in [0.25, 0.3) is 0 Å². The third-order valence-electron chi connectivity index (χ3n) is 3.34. The first-order valence-electron chi connectivity index (χ1n) is 6.85. The van der Waals surface area contributed by atoms with E-state index in [1.165, 1.54) is 25.0 Å². The molecule has 0 aromatic carbocycles. The van der Waals surface area contributed by atoms with E-state index in [1.54, 1.807) is 0 Å². The highest BCUT2D eigenvalue weighted by atomic mass is 15.2. The number of aryl methyl sites for hydroxylation is 1. The lowest BCUT2D eigenvalue weighted by Gasteiger charge is -2.18. The fraction of sp³-hybridized carbons (Fsp3) is 0.786. The Hall–Kier alpha value is -0.830. The lowest BCUT2D eigenvalue weighted by Crippen LogP contribution is -2.27. The van der Waals surface area contributed by atoms with E-state index in [4.69, 9.17) is 0 Å². The lowest BCUT2D eigenvalue weighted by molar-refractivity contribution is 0.380. The molecule has 1 aliphatic rings. The fourth-order valence-electron chi connectivity index (χ4n) is 2.39. The molecular formula is C14H25N3. The molecule has 1 fully saturated rings. The average molecular weight is 235 g/mol. The molecule has 1 atom stereocenters. The van der Waals surface area contributed by atoms with Gasteiger partial charge in [0.2, 0.25) is 0 Å². The summed E-state index contributed by atoms with van der Waals surface area (Å²) in [6.45, 7) is 5.77. The Balaban J connectivity index is 1.84. The summed E-state index contributed by atoms with van der Waals surface area (Å²) >= 11 is 0. The Morgan fingerprint density at radius 3 is 2.76 bits per heavy atom. The molecule has 1 aliphatic carbocycles. The molecule has 0 radical (unpaired) electrons. The van der Waals surface area contributed by atoms with E-state index in [1.807, 2.05) is 17.9 Å². The van der Waals surface area contributed by atoms with Crippen molar-refractivity contribution in [1.82, 2.24) is 15.1 Å². The van der Waals surface area contributed by atoms with Crippen molar-refractivity contribution in [3.63, 3.8) is 0 Å². The van der Waals surface area contributed by atoms with Gasteiger partial charge < -0.3 is 5.32 Å². The second kappa shape index (κ2) is 5.67. The normalized spacial score (nSPS) is 17.6. The minimum atomic E-state index is 0.727. The largest absolute Gasteiger partial charge is 0.314 e. The SMILES string of the molecule is CC(C)CC(CNC1CC1)Cc1ccn(C)n1. The van der Waals surface area contributed by atoms with Gasteiger partial charge in [-0.1, -0.05) is 13.8 Å². The smallest absolute Gasteiger partial charge is 0.0627 e. The molecule has 0 amide bonds.